The monoisotopic (exact) mass is 512 g/mol. The van der Waals surface area contributed by atoms with Gasteiger partial charge in [-0.25, -0.2) is 13.1 Å². The Kier molecular flexibility index (Phi) is 8.44. The highest BCUT2D eigenvalue weighted by Crippen LogP contribution is 2.28. The molecule has 1 aliphatic rings. The van der Waals surface area contributed by atoms with Crippen molar-refractivity contribution in [2.24, 2.45) is 0 Å². The zero-order chi connectivity index (χ0) is 24.7. The first kappa shape index (κ1) is 25.2. The van der Waals surface area contributed by atoms with Crippen molar-refractivity contribution in [2.75, 3.05) is 6.61 Å². The lowest BCUT2D eigenvalue weighted by molar-refractivity contribution is -0.134. The number of carbonyl (C=O) groups is 1. The number of hydrogen-bond donors (Lipinski definition) is 1. The van der Waals surface area contributed by atoms with E-state index in [4.69, 9.17) is 16.3 Å². The molecule has 0 radical (unpaired) electrons. The average molecular weight is 513 g/mol. The highest BCUT2D eigenvalue weighted by atomic mass is 35.5. The summed E-state index contributed by atoms with van der Waals surface area (Å²) in [7, 11) is -3.66. The molecule has 0 bridgehead atoms. The maximum Gasteiger partial charge on any atom is 0.261 e. The summed E-state index contributed by atoms with van der Waals surface area (Å²) in [5.41, 5.74) is 2.03. The van der Waals surface area contributed by atoms with E-state index in [-0.39, 0.29) is 34.2 Å². The Hall–Kier alpha value is -2.87. The van der Waals surface area contributed by atoms with E-state index in [0.717, 1.165) is 36.8 Å². The van der Waals surface area contributed by atoms with Gasteiger partial charge in [-0.15, -0.1) is 0 Å². The normalized spacial score (nSPS) is 14.1. The molecule has 0 unspecified atom stereocenters. The van der Waals surface area contributed by atoms with Crippen molar-refractivity contribution in [1.29, 1.82) is 0 Å². The van der Waals surface area contributed by atoms with Gasteiger partial charge in [0, 0.05) is 19.1 Å². The Morgan fingerprint density at radius 2 is 1.49 bits per heavy atom. The average Bonchev–Trinajstić information content (AvgIpc) is 3.36. The van der Waals surface area contributed by atoms with Crippen LogP contribution >= 0.6 is 11.6 Å². The third kappa shape index (κ3) is 7.07. The summed E-state index contributed by atoms with van der Waals surface area (Å²) in [6, 6.07) is 23.8. The molecule has 0 atom stereocenters. The topological polar surface area (TPSA) is 75.7 Å². The molecule has 1 N–H and O–H groups in total. The van der Waals surface area contributed by atoms with Gasteiger partial charge in [0.2, 0.25) is 10.0 Å². The number of halogens is 1. The molecule has 35 heavy (non-hydrogen) atoms. The third-order valence-electron chi connectivity index (χ3n) is 6.03. The van der Waals surface area contributed by atoms with E-state index in [0.29, 0.717) is 13.1 Å². The van der Waals surface area contributed by atoms with Crippen LogP contribution in [0.3, 0.4) is 0 Å². The Morgan fingerprint density at radius 3 is 2.03 bits per heavy atom. The predicted molar refractivity (Wildman–Crippen MR) is 137 cm³/mol. The Balaban J connectivity index is 1.42. The highest BCUT2D eigenvalue weighted by Gasteiger charge is 2.24. The van der Waals surface area contributed by atoms with Gasteiger partial charge in [-0.1, -0.05) is 85.1 Å². The van der Waals surface area contributed by atoms with Gasteiger partial charge in [-0.3, -0.25) is 4.79 Å². The van der Waals surface area contributed by atoms with Crippen molar-refractivity contribution in [1.82, 2.24) is 9.62 Å². The molecule has 0 aliphatic heterocycles. The molecule has 184 valence electrons. The lowest BCUT2D eigenvalue weighted by Crippen LogP contribution is -2.34. The lowest BCUT2D eigenvalue weighted by Gasteiger charge is -2.23. The number of nitrogens with one attached hydrogen (secondary N) is 1. The van der Waals surface area contributed by atoms with Crippen LogP contribution in [-0.4, -0.2) is 31.9 Å². The predicted octanol–water partition coefficient (Wildman–Crippen LogP) is 5.17. The van der Waals surface area contributed by atoms with Crippen LogP contribution in [0.15, 0.2) is 83.8 Å². The number of benzene rings is 3. The minimum Gasteiger partial charge on any atom is -0.482 e. The van der Waals surface area contributed by atoms with Crippen molar-refractivity contribution < 1.29 is 17.9 Å². The molecule has 3 aromatic rings. The second-order valence-electron chi connectivity index (χ2n) is 8.70. The number of carbonyl (C=O) groups excluding carboxylic acids is 1. The Morgan fingerprint density at radius 1 is 0.914 bits per heavy atom. The first-order valence-electron chi connectivity index (χ1n) is 11.7. The van der Waals surface area contributed by atoms with E-state index < -0.39 is 10.0 Å². The second-order valence-corrected chi connectivity index (χ2v) is 10.8. The molecule has 0 aromatic heterocycles. The van der Waals surface area contributed by atoms with Crippen molar-refractivity contribution >= 4 is 27.5 Å². The van der Waals surface area contributed by atoms with Gasteiger partial charge in [-0.05, 0) is 42.2 Å². The summed E-state index contributed by atoms with van der Waals surface area (Å²) in [6.45, 7) is 0.664. The molecular weight excluding hydrogens is 484 g/mol. The SMILES string of the molecule is O=C(COc1ccc(S(=O)(=O)NC2CCCC2)cc1Cl)N(Cc1ccccc1)Cc1ccccc1. The fraction of sp³-hybridized carbons (Fsp3) is 0.296. The number of sulfonamides is 1. The largest absolute Gasteiger partial charge is 0.482 e. The fourth-order valence-corrected chi connectivity index (χ4v) is 5.80. The molecule has 0 spiro atoms. The standard InChI is InChI=1S/C27H29ClN2O4S/c28-25-17-24(35(32,33)29-23-13-7-8-14-23)15-16-26(25)34-20-27(31)30(18-21-9-3-1-4-10-21)19-22-11-5-2-6-12-22/h1-6,9-12,15-17,23,29H,7-8,13-14,18-20H2. The zero-order valence-corrected chi connectivity index (χ0v) is 21.0. The van der Waals surface area contributed by atoms with Crippen LogP contribution in [0, 0.1) is 0 Å². The number of rotatable bonds is 10. The van der Waals surface area contributed by atoms with E-state index in [1.165, 1.54) is 18.2 Å². The van der Waals surface area contributed by atoms with E-state index in [2.05, 4.69) is 4.72 Å². The van der Waals surface area contributed by atoms with Crippen molar-refractivity contribution in [3.63, 3.8) is 0 Å². The molecule has 0 saturated heterocycles. The number of nitrogens with zero attached hydrogens (tertiary/aromatic N) is 1. The molecular formula is C27H29ClN2O4S. The first-order chi connectivity index (χ1) is 16.9. The number of ether oxygens (including phenoxy) is 1. The fourth-order valence-electron chi connectivity index (χ4n) is 4.17. The van der Waals surface area contributed by atoms with Crippen LogP contribution in [0.4, 0.5) is 0 Å². The van der Waals surface area contributed by atoms with Crippen molar-refractivity contribution in [3.05, 3.63) is 95.0 Å². The number of hydrogen-bond acceptors (Lipinski definition) is 4. The summed E-state index contributed by atoms with van der Waals surface area (Å²) >= 11 is 6.33. The van der Waals surface area contributed by atoms with Crippen LogP contribution < -0.4 is 9.46 Å². The lowest BCUT2D eigenvalue weighted by atomic mass is 10.1. The molecule has 0 heterocycles. The molecule has 1 fully saturated rings. The summed E-state index contributed by atoms with van der Waals surface area (Å²) in [5.74, 6) is 0.0626. The van der Waals surface area contributed by atoms with E-state index in [1.807, 2.05) is 60.7 Å². The highest BCUT2D eigenvalue weighted by molar-refractivity contribution is 7.89. The van der Waals surface area contributed by atoms with Gasteiger partial charge in [0.05, 0.1) is 9.92 Å². The van der Waals surface area contributed by atoms with Crippen molar-refractivity contribution in [3.8, 4) is 5.75 Å². The van der Waals surface area contributed by atoms with Crippen LogP contribution in [0.5, 0.6) is 5.75 Å². The van der Waals surface area contributed by atoms with Crippen LogP contribution in [0.2, 0.25) is 5.02 Å². The van der Waals surface area contributed by atoms with Crippen LogP contribution in [0.25, 0.3) is 0 Å². The van der Waals surface area contributed by atoms with Gasteiger partial charge in [0.15, 0.2) is 6.61 Å². The van der Waals surface area contributed by atoms with E-state index in [9.17, 15) is 13.2 Å². The Bertz CT molecular complexity index is 1190. The summed E-state index contributed by atoms with van der Waals surface area (Å²) in [6.07, 6.45) is 3.75. The minimum absolute atomic E-state index is 0.0347. The van der Waals surface area contributed by atoms with Crippen LogP contribution in [-0.2, 0) is 27.9 Å². The van der Waals surface area contributed by atoms with E-state index in [1.54, 1.807) is 4.90 Å². The molecule has 3 aromatic carbocycles. The zero-order valence-electron chi connectivity index (χ0n) is 19.4. The molecule has 4 rings (SSSR count). The third-order valence-corrected chi connectivity index (χ3v) is 7.84. The van der Waals surface area contributed by atoms with Gasteiger partial charge in [-0.2, -0.15) is 0 Å². The first-order valence-corrected chi connectivity index (χ1v) is 13.6. The molecule has 1 saturated carbocycles. The summed E-state index contributed by atoms with van der Waals surface area (Å²) in [5, 5.41) is 0.143. The summed E-state index contributed by atoms with van der Waals surface area (Å²) in [4.78, 5) is 14.9. The smallest absolute Gasteiger partial charge is 0.261 e. The van der Waals surface area contributed by atoms with Gasteiger partial charge in [0.1, 0.15) is 5.75 Å². The molecule has 6 nitrogen and oxygen atoms in total. The molecule has 1 aliphatic carbocycles. The van der Waals surface area contributed by atoms with Crippen molar-refractivity contribution in [2.45, 2.75) is 49.7 Å². The Labute approximate surface area is 211 Å². The minimum atomic E-state index is -3.66. The van der Waals surface area contributed by atoms with Gasteiger partial charge >= 0.3 is 0 Å². The maximum absolute atomic E-state index is 13.1. The maximum atomic E-state index is 13.1. The van der Waals surface area contributed by atoms with Gasteiger partial charge < -0.3 is 9.64 Å². The summed E-state index contributed by atoms with van der Waals surface area (Å²) < 4.78 is 33.8. The second kappa shape index (κ2) is 11.7. The van der Waals surface area contributed by atoms with Gasteiger partial charge in [0.25, 0.3) is 5.91 Å². The molecule has 1 amide bonds. The molecule has 8 heteroatoms. The quantitative estimate of drug-likeness (QED) is 0.406. The number of amides is 1. The van der Waals surface area contributed by atoms with Crippen LogP contribution in [0.1, 0.15) is 36.8 Å². The van der Waals surface area contributed by atoms with E-state index >= 15 is 0 Å².